The zero-order valence-corrected chi connectivity index (χ0v) is 33.0. The van der Waals surface area contributed by atoms with E-state index in [-0.39, 0.29) is 0 Å². The second-order valence-electron chi connectivity index (χ2n) is 15.3. The molecule has 7 heteroatoms. The molecule has 0 radical (unpaired) electrons. The molecule has 2 aliphatic heterocycles. The normalized spacial score (nSPS) is 14.4. The lowest BCUT2D eigenvalue weighted by Crippen LogP contribution is -2.42. The Morgan fingerprint density at radius 3 is 1.57 bits per heavy atom. The van der Waals surface area contributed by atoms with Crippen molar-refractivity contribution in [1.29, 1.82) is 0 Å². The molecule has 0 saturated heterocycles. The lowest BCUT2D eigenvalue weighted by Gasteiger charge is -2.48. The van der Waals surface area contributed by atoms with Gasteiger partial charge in [-0.15, -0.1) is 0 Å². The van der Waals surface area contributed by atoms with Gasteiger partial charge in [0.05, 0.1) is 49.0 Å². The summed E-state index contributed by atoms with van der Waals surface area (Å²) in [5, 5.41) is 1.72. The Bertz CT molecular complexity index is 3350. The van der Waals surface area contributed by atoms with Crippen molar-refractivity contribution in [1.82, 2.24) is 14.5 Å². The van der Waals surface area contributed by atoms with Gasteiger partial charge in [-0.05, 0) is 76.9 Å². The highest BCUT2D eigenvalue weighted by Gasteiger charge is 2.53. The van der Waals surface area contributed by atoms with Gasteiger partial charge in [-0.3, -0.25) is 4.57 Å². The van der Waals surface area contributed by atoms with E-state index in [0.29, 0.717) is 21.3 Å². The van der Waals surface area contributed by atoms with Crippen molar-refractivity contribution >= 4 is 48.7 Å². The van der Waals surface area contributed by atoms with Crippen LogP contribution in [-0.4, -0.2) is 23.0 Å². The highest BCUT2D eigenvalue weighted by molar-refractivity contribution is 7.91. The Morgan fingerprint density at radius 2 is 0.933 bits per heavy atom. The molecule has 2 aliphatic rings. The lowest BCUT2D eigenvalue weighted by molar-refractivity contribution is 0.578. The van der Waals surface area contributed by atoms with Crippen LogP contribution in [0.2, 0.25) is 0 Å². The first-order valence-electron chi connectivity index (χ1n) is 20.0. The van der Waals surface area contributed by atoms with Gasteiger partial charge in [0.2, 0.25) is 15.8 Å². The van der Waals surface area contributed by atoms with Crippen LogP contribution in [0.5, 0.6) is 0 Å². The lowest BCUT2D eigenvalue weighted by atomic mass is 9.62. The van der Waals surface area contributed by atoms with E-state index in [1.807, 2.05) is 84.9 Å². The minimum absolute atomic E-state index is 0.290. The summed E-state index contributed by atoms with van der Waals surface area (Å²) < 4.78 is 32.6. The van der Waals surface area contributed by atoms with Gasteiger partial charge in [-0.1, -0.05) is 152 Å². The van der Waals surface area contributed by atoms with Crippen molar-refractivity contribution in [2.45, 2.75) is 15.2 Å². The third kappa shape index (κ3) is 4.78. The largest absolute Gasteiger partial charge is 0.310 e. The molecule has 8 aromatic carbocycles. The number of fused-ring (bicyclic) bond motifs is 11. The van der Waals surface area contributed by atoms with E-state index in [0.717, 1.165) is 78.1 Å². The third-order valence-electron chi connectivity index (χ3n) is 12.2. The number of rotatable bonds is 4. The van der Waals surface area contributed by atoms with Crippen LogP contribution in [0.25, 0.3) is 50.3 Å². The molecule has 0 unspecified atom stereocenters. The smallest absolute Gasteiger partial charge is 0.235 e. The number of nitrogens with zero attached hydrogens (tertiary/aromatic N) is 4. The Morgan fingerprint density at radius 1 is 0.417 bits per heavy atom. The Hall–Kier alpha value is -7.61. The average molecular weight is 791 g/mol. The topological polar surface area (TPSA) is 68.1 Å². The first kappa shape index (κ1) is 34.4. The van der Waals surface area contributed by atoms with Crippen LogP contribution in [0.1, 0.15) is 22.3 Å². The zero-order chi connectivity index (χ0) is 40.0. The van der Waals surface area contributed by atoms with Crippen LogP contribution in [0.3, 0.4) is 0 Å². The molecule has 60 heavy (non-hydrogen) atoms. The van der Waals surface area contributed by atoms with Gasteiger partial charge in [0.1, 0.15) is 0 Å². The molecule has 0 saturated carbocycles. The number of anilines is 3. The van der Waals surface area contributed by atoms with Gasteiger partial charge in [0, 0.05) is 27.6 Å². The predicted molar refractivity (Wildman–Crippen MR) is 239 cm³/mol. The van der Waals surface area contributed by atoms with Gasteiger partial charge in [0.15, 0.2) is 0 Å². The summed E-state index contributed by atoms with van der Waals surface area (Å²) in [5.41, 5.74) is 10.6. The molecule has 6 nitrogen and oxygen atoms in total. The fourth-order valence-electron chi connectivity index (χ4n) is 9.73. The monoisotopic (exact) mass is 790 g/mol. The van der Waals surface area contributed by atoms with E-state index < -0.39 is 15.3 Å². The van der Waals surface area contributed by atoms with Crippen molar-refractivity contribution in [3.05, 3.63) is 229 Å². The summed E-state index contributed by atoms with van der Waals surface area (Å²) in [6.07, 6.45) is 0. The minimum Gasteiger partial charge on any atom is -0.310 e. The van der Waals surface area contributed by atoms with Crippen LogP contribution in [0, 0.1) is 0 Å². The van der Waals surface area contributed by atoms with Crippen molar-refractivity contribution in [3.63, 3.8) is 0 Å². The highest BCUT2D eigenvalue weighted by Crippen LogP contribution is 2.62. The van der Waals surface area contributed by atoms with E-state index in [1.54, 1.807) is 6.07 Å². The first-order valence-corrected chi connectivity index (χ1v) is 21.5. The standard InChI is InChI=1S/C53H34N4O2S/c58-60(59)50-31-17-13-27-42(50)53(40-25-11-15-29-47(40)56(37-22-8-3-9-23-37)48-30-16-12-26-41(48)53)43-33-49-39(32-51(43)60)38-24-10-14-28-46(38)57(49)52-54-44(35-18-4-1-5-19-35)34-45(55-52)36-20-6-2-7-21-36/h1-34H. The molecule has 10 aromatic rings. The van der Waals surface area contributed by atoms with Crippen molar-refractivity contribution in [2.75, 3.05) is 4.90 Å². The summed E-state index contributed by atoms with van der Waals surface area (Å²) in [6.45, 7) is 0. The molecule has 12 rings (SSSR count). The maximum atomic E-state index is 15.2. The van der Waals surface area contributed by atoms with Crippen LogP contribution >= 0.6 is 0 Å². The maximum absolute atomic E-state index is 15.2. The quantitative estimate of drug-likeness (QED) is 0.178. The Balaban J connectivity index is 1.23. The summed E-state index contributed by atoms with van der Waals surface area (Å²) in [5.74, 6) is 0.495. The Kier molecular flexibility index (Phi) is 7.43. The number of hydrogen-bond donors (Lipinski definition) is 0. The van der Waals surface area contributed by atoms with E-state index in [2.05, 4.69) is 125 Å². The minimum atomic E-state index is -4.00. The van der Waals surface area contributed by atoms with E-state index in [9.17, 15) is 0 Å². The molecule has 0 bridgehead atoms. The molecule has 4 heterocycles. The second-order valence-corrected chi connectivity index (χ2v) is 17.2. The van der Waals surface area contributed by atoms with Crippen molar-refractivity contribution < 1.29 is 8.42 Å². The van der Waals surface area contributed by atoms with E-state index in [1.165, 1.54) is 0 Å². The summed E-state index contributed by atoms with van der Waals surface area (Å²) >= 11 is 0. The van der Waals surface area contributed by atoms with Crippen LogP contribution < -0.4 is 4.90 Å². The molecule has 2 aromatic heterocycles. The number of benzene rings is 8. The number of sulfone groups is 1. The fourth-order valence-corrected chi connectivity index (χ4v) is 11.5. The van der Waals surface area contributed by atoms with Gasteiger partial charge < -0.3 is 4.90 Å². The van der Waals surface area contributed by atoms with Crippen molar-refractivity contribution in [3.8, 4) is 28.5 Å². The molecule has 0 aliphatic carbocycles. The third-order valence-corrected chi connectivity index (χ3v) is 14.1. The molecular weight excluding hydrogens is 757 g/mol. The zero-order valence-electron chi connectivity index (χ0n) is 32.1. The van der Waals surface area contributed by atoms with Crippen LogP contribution in [-0.2, 0) is 15.3 Å². The molecule has 0 N–H and O–H groups in total. The van der Waals surface area contributed by atoms with Gasteiger partial charge in [0.25, 0.3) is 0 Å². The van der Waals surface area contributed by atoms with Gasteiger partial charge in [-0.25, -0.2) is 18.4 Å². The Labute approximate surface area is 347 Å². The molecule has 0 fully saturated rings. The SMILES string of the molecule is O=S1(=O)c2ccccc2C2(c3ccccc3N(c3ccccc3)c3ccccc32)c2cc3c(cc21)c1ccccc1n3-c1nc(-c2ccccc2)cc(-c2ccccc2)n1. The summed E-state index contributed by atoms with van der Waals surface area (Å²) in [6, 6.07) is 69.3. The predicted octanol–water partition coefficient (Wildman–Crippen LogP) is 12.2. The number of hydrogen-bond acceptors (Lipinski definition) is 5. The van der Waals surface area contributed by atoms with Crippen molar-refractivity contribution in [2.24, 2.45) is 0 Å². The number of aromatic nitrogens is 3. The van der Waals surface area contributed by atoms with Gasteiger partial charge >= 0.3 is 0 Å². The maximum Gasteiger partial charge on any atom is 0.235 e. The molecular formula is C53H34N4O2S. The van der Waals surface area contributed by atoms with Gasteiger partial charge in [-0.2, -0.15) is 0 Å². The molecule has 0 atom stereocenters. The fraction of sp³-hybridized carbons (Fsp3) is 0.0189. The van der Waals surface area contributed by atoms with Crippen LogP contribution in [0.4, 0.5) is 17.1 Å². The molecule has 1 spiro atoms. The molecule has 284 valence electrons. The summed E-state index contributed by atoms with van der Waals surface area (Å²) in [7, 11) is -4.00. The first-order chi connectivity index (χ1) is 29.5. The van der Waals surface area contributed by atoms with Crippen LogP contribution in [0.15, 0.2) is 216 Å². The van der Waals surface area contributed by atoms with E-state index >= 15 is 8.42 Å². The van der Waals surface area contributed by atoms with E-state index in [4.69, 9.17) is 9.97 Å². The molecule has 0 amide bonds. The second kappa shape index (κ2) is 12.9. The number of para-hydroxylation sites is 4. The highest BCUT2D eigenvalue weighted by atomic mass is 32.2. The summed E-state index contributed by atoms with van der Waals surface area (Å²) in [4.78, 5) is 13.5. The average Bonchev–Trinajstić information content (AvgIpc) is 3.64.